The number of nitrogens with two attached hydrogens (primary N) is 1. The topological polar surface area (TPSA) is 101 Å². The zero-order valence-corrected chi connectivity index (χ0v) is 13.0. The van der Waals surface area contributed by atoms with E-state index in [0.29, 0.717) is 5.56 Å². The fraction of sp³-hybridized carbons (Fsp3) is 0.385. The van der Waals surface area contributed by atoms with Crippen LogP contribution in [0.25, 0.3) is 0 Å². The molecular weight excluding hydrogens is 310 g/mol. The Morgan fingerprint density at radius 1 is 1.33 bits per heavy atom. The van der Waals surface area contributed by atoms with E-state index in [1.54, 1.807) is 18.2 Å². The molecule has 0 atom stereocenters. The SMILES string of the molecule is NC(=S)c1ccccc1S(=O)(=O)NCCC(=O)NC1CC1. The van der Waals surface area contributed by atoms with Crippen LogP contribution in [0.15, 0.2) is 29.2 Å². The quantitative estimate of drug-likeness (QED) is 0.624. The molecule has 0 aromatic heterocycles. The number of carbonyl (C=O) groups is 1. The van der Waals surface area contributed by atoms with Gasteiger partial charge in [-0.1, -0.05) is 30.4 Å². The maximum atomic E-state index is 12.2. The van der Waals surface area contributed by atoms with E-state index in [0.717, 1.165) is 12.8 Å². The highest BCUT2D eigenvalue weighted by atomic mass is 32.2. The van der Waals surface area contributed by atoms with Gasteiger partial charge in [0.25, 0.3) is 0 Å². The third kappa shape index (κ3) is 4.48. The third-order valence-corrected chi connectivity index (χ3v) is 4.77. The smallest absolute Gasteiger partial charge is 0.241 e. The lowest BCUT2D eigenvalue weighted by Gasteiger charge is -2.10. The van der Waals surface area contributed by atoms with Gasteiger partial charge >= 0.3 is 0 Å². The van der Waals surface area contributed by atoms with Gasteiger partial charge in [-0.15, -0.1) is 0 Å². The van der Waals surface area contributed by atoms with Crippen molar-refractivity contribution >= 4 is 33.1 Å². The largest absolute Gasteiger partial charge is 0.389 e. The Morgan fingerprint density at radius 3 is 2.62 bits per heavy atom. The van der Waals surface area contributed by atoms with Crippen molar-refractivity contribution in [2.45, 2.75) is 30.2 Å². The van der Waals surface area contributed by atoms with E-state index in [9.17, 15) is 13.2 Å². The third-order valence-electron chi connectivity index (χ3n) is 3.03. The van der Waals surface area contributed by atoms with Crippen LogP contribution in [0.4, 0.5) is 0 Å². The van der Waals surface area contributed by atoms with E-state index in [-0.39, 0.29) is 34.8 Å². The molecule has 21 heavy (non-hydrogen) atoms. The number of hydrogen-bond acceptors (Lipinski definition) is 4. The summed E-state index contributed by atoms with van der Waals surface area (Å²) in [5.74, 6) is -0.150. The van der Waals surface area contributed by atoms with E-state index in [4.69, 9.17) is 18.0 Å². The molecule has 1 aromatic rings. The van der Waals surface area contributed by atoms with Crippen molar-refractivity contribution in [1.29, 1.82) is 0 Å². The van der Waals surface area contributed by atoms with Crippen LogP contribution in [0.3, 0.4) is 0 Å². The zero-order valence-electron chi connectivity index (χ0n) is 11.3. The fourth-order valence-electron chi connectivity index (χ4n) is 1.81. The molecule has 0 aliphatic heterocycles. The molecule has 0 bridgehead atoms. The van der Waals surface area contributed by atoms with Crippen LogP contribution in [0, 0.1) is 0 Å². The monoisotopic (exact) mass is 327 g/mol. The van der Waals surface area contributed by atoms with Gasteiger partial charge in [-0.3, -0.25) is 4.79 Å². The van der Waals surface area contributed by atoms with E-state index in [2.05, 4.69) is 10.0 Å². The van der Waals surface area contributed by atoms with Crippen molar-refractivity contribution < 1.29 is 13.2 Å². The Kier molecular flexibility index (Phi) is 4.92. The molecule has 6 nitrogen and oxygen atoms in total. The number of sulfonamides is 1. The molecule has 0 unspecified atom stereocenters. The van der Waals surface area contributed by atoms with Crippen LogP contribution >= 0.6 is 12.2 Å². The Bertz CT molecular complexity index is 654. The van der Waals surface area contributed by atoms with Gasteiger partial charge in [0.05, 0.1) is 4.90 Å². The fourth-order valence-corrected chi connectivity index (χ4v) is 3.30. The van der Waals surface area contributed by atoms with Crippen molar-refractivity contribution in [3.63, 3.8) is 0 Å². The molecule has 2 rings (SSSR count). The molecule has 0 radical (unpaired) electrons. The summed E-state index contributed by atoms with van der Waals surface area (Å²) in [5, 5.41) is 2.79. The van der Waals surface area contributed by atoms with Gasteiger partial charge in [0.2, 0.25) is 15.9 Å². The maximum absolute atomic E-state index is 12.2. The Hall–Kier alpha value is -1.51. The minimum absolute atomic E-state index is 0.0162. The summed E-state index contributed by atoms with van der Waals surface area (Å²) < 4.78 is 26.8. The highest BCUT2D eigenvalue weighted by Gasteiger charge is 2.23. The van der Waals surface area contributed by atoms with Crippen LogP contribution < -0.4 is 15.8 Å². The molecule has 1 saturated carbocycles. The summed E-state index contributed by atoms with van der Waals surface area (Å²) >= 11 is 4.85. The summed E-state index contributed by atoms with van der Waals surface area (Å²) in [6.45, 7) is 0.0343. The molecule has 114 valence electrons. The van der Waals surface area contributed by atoms with Gasteiger partial charge < -0.3 is 11.1 Å². The molecule has 0 saturated heterocycles. The lowest BCUT2D eigenvalue weighted by atomic mass is 10.2. The Morgan fingerprint density at radius 2 is 2.00 bits per heavy atom. The number of thiocarbonyl (C=S) groups is 1. The number of benzene rings is 1. The lowest BCUT2D eigenvalue weighted by molar-refractivity contribution is -0.121. The first kappa shape index (κ1) is 15.9. The molecule has 1 aliphatic carbocycles. The van der Waals surface area contributed by atoms with Crippen molar-refractivity contribution in [1.82, 2.24) is 10.0 Å². The lowest BCUT2D eigenvalue weighted by Crippen LogP contribution is -2.32. The minimum atomic E-state index is -3.74. The van der Waals surface area contributed by atoms with Crippen LogP contribution in [-0.2, 0) is 14.8 Å². The Labute approximate surface area is 129 Å². The van der Waals surface area contributed by atoms with Crippen LogP contribution in [0.5, 0.6) is 0 Å². The second-order valence-corrected chi connectivity index (χ2v) is 7.03. The minimum Gasteiger partial charge on any atom is -0.389 e. The number of rotatable bonds is 7. The molecule has 0 spiro atoms. The predicted molar refractivity (Wildman–Crippen MR) is 83.3 cm³/mol. The maximum Gasteiger partial charge on any atom is 0.241 e. The molecule has 8 heteroatoms. The molecule has 1 amide bonds. The van der Waals surface area contributed by atoms with Crippen LogP contribution in [0.1, 0.15) is 24.8 Å². The molecule has 4 N–H and O–H groups in total. The second kappa shape index (κ2) is 6.50. The number of amides is 1. The summed E-state index contributed by atoms with van der Waals surface area (Å²) in [7, 11) is -3.74. The van der Waals surface area contributed by atoms with Gasteiger partial charge in [-0.25, -0.2) is 13.1 Å². The highest BCUT2D eigenvalue weighted by molar-refractivity contribution is 7.89. The van der Waals surface area contributed by atoms with Crippen LogP contribution in [-0.4, -0.2) is 31.9 Å². The van der Waals surface area contributed by atoms with E-state index >= 15 is 0 Å². The standard InChI is InChI=1S/C13H17N3O3S2/c14-13(20)10-3-1-2-4-11(10)21(18,19)15-8-7-12(17)16-9-5-6-9/h1-4,9,15H,5-8H2,(H2,14,20)(H,16,17). The molecule has 1 aromatic carbocycles. The van der Waals surface area contributed by atoms with E-state index < -0.39 is 10.0 Å². The van der Waals surface area contributed by atoms with E-state index in [1.165, 1.54) is 6.07 Å². The number of hydrogen-bond donors (Lipinski definition) is 3. The van der Waals surface area contributed by atoms with Gasteiger partial charge in [0.1, 0.15) is 4.99 Å². The number of carbonyl (C=O) groups excluding carboxylic acids is 1. The zero-order chi connectivity index (χ0) is 15.5. The first-order valence-corrected chi connectivity index (χ1v) is 8.47. The molecule has 1 aliphatic rings. The predicted octanol–water partition coefficient (Wildman–Crippen LogP) is 0.268. The molecule has 1 fully saturated rings. The van der Waals surface area contributed by atoms with E-state index in [1.807, 2.05) is 0 Å². The van der Waals surface area contributed by atoms with Gasteiger partial charge in [-0.2, -0.15) is 0 Å². The average molecular weight is 327 g/mol. The van der Waals surface area contributed by atoms with Gasteiger partial charge in [-0.05, 0) is 18.9 Å². The van der Waals surface area contributed by atoms with Crippen molar-refractivity contribution in [2.75, 3.05) is 6.54 Å². The van der Waals surface area contributed by atoms with Crippen LogP contribution in [0.2, 0.25) is 0 Å². The summed E-state index contributed by atoms with van der Waals surface area (Å²) in [4.78, 5) is 11.5. The molecule has 0 heterocycles. The van der Waals surface area contributed by atoms with Gasteiger partial charge in [0, 0.05) is 24.6 Å². The summed E-state index contributed by atoms with van der Waals surface area (Å²) in [5.41, 5.74) is 5.82. The van der Waals surface area contributed by atoms with Crippen molar-refractivity contribution in [3.8, 4) is 0 Å². The number of nitrogens with one attached hydrogen (secondary N) is 2. The normalized spacial score (nSPS) is 14.7. The summed E-state index contributed by atoms with van der Waals surface area (Å²) in [6, 6.07) is 6.51. The van der Waals surface area contributed by atoms with Gasteiger partial charge in [0.15, 0.2) is 0 Å². The second-order valence-electron chi connectivity index (χ2n) is 4.85. The van der Waals surface area contributed by atoms with Crippen molar-refractivity contribution in [2.24, 2.45) is 5.73 Å². The first-order chi connectivity index (χ1) is 9.90. The first-order valence-electron chi connectivity index (χ1n) is 6.58. The Balaban J connectivity index is 1.98. The average Bonchev–Trinajstić information content (AvgIpc) is 3.22. The van der Waals surface area contributed by atoms with Crippen molar-refractivity contribution in [3.05, 3.63) is 29.8 Å². The molecular formula is C13H17N3O3S2. The highest BCUT2D eigenvalue weighted by Crippen LogP contribution is 2.18. The summed E-state index contributed by atoms with van der Waals surface area (Å²) in [6.07, 6.45) is 2.10.